The maximum Gasteiger partial charge on any atom is 0.241 e. The number of rotatable bonds is 4. The average molecular weight is 275 g/mol. The maximum atomic E-state index is 6.05. The molecule has 0 saturated heterocycles. The molecule has 98 valence electrons. The fourth-order valence-corrected chi connectivity index (χ4v) is 3.36. The summed E-state index contributed by atoms with van der Waals surface area (Å²) < 4.78 is 11.6. The molecule has 4 heteroatoms. The smallest absolute Gasteiger partial charge is 0.241 e. The molecule has 1 aliphatic rings. The molecule has 2 unspecified atom stereocenters. The lowest BCUT2D eigenvalue weighted by Crippen LogP contribution is -2.36. The van der Waals surface area contributed by atoms with Crippen molar-refractivity contribution in [2.24, 2.45) is 5.41 Å². The molecule has 1 aliphatic carbocycles. The molecule has 2 atom stereocenters. The zero-order valence-corrected chi connectivity index (χ0v) is 13.2. The zero-order chi connectivity index (χ0) is 13.1. The highest BCUT2D eigenvalue weighted by Gasteiger charge is 2.35. The van der Waals surface area contributed by atoms with E-state index in [1.165, 1.54) is 0 Å². The quantitative estimate of drug-likeness (QED) is 0.712. The topological polar surface area (TPSA) is 18.5 Å². The van der Waals surface area contributed by atoms with E-state index in [4.69, 9.17) is 20.8 Å². The molecule has 2 nitrogen and oxygen atoms in total. The van der Waals surface area contributed by atoms with Crippen LogP contribution < -0.4 is 0 Å². The van der Waals surface area contributed by atoms with Gasteiger partial charge in [-0.1, -0.05) is 24.6 Å². The Bertz CT molecular complexity index is 320. The Balaban J connectivity index is 2.85. The second-order valence-corrected chi connectivity index (χ2v) is 10.5. The number of ether oxygens (including phenoxy) is 1. The predicted molar refractivity (Wildman–Crippen MR) is 75.6 cm³/mol. The number of hydrogen-bond donors (Lipinski definition) is 0. The molecule has 0 aromatic carbocycles. The Hall–Kier alpha value is -0.253. The minimum atomic E-state index is -1.52. The predicted octanol–water partition coefficient (Wildman–Crippen LogP) is 4.29. The minimum absolute atomic E-state index is 0.0250. The fraction of sp³-hybridized carbons (Fsp3) is 0.692. The molecule has 0 aromatic heterocycles. The highest BCUT2D eigenvalue weighted by molar-refractivity contribution is 6.70. The van der Waals surface area contributed by atoms with Crippen molar-refractivity contribution < 1.29 is 9.16 Å². The first-order valence-corrected chi connectivity index (χ1v) is 9.85. The SMILES string of the molecule is COC1C=C(O[Si](C)(C)C)CCC1(C)C=CCl. The fourth-order valence-electron chi connectivity index (χ4n) is 2.12. The Labute approximate surface area is 111 Å². The van der Waals surface area contributed by atoms with Gasteiger partial charge in [0.2, 0.25) is 8.32 Å². The van der Waals surface area contributed by atoms with Crippen molar-refractivity contribution in [3.8, 4) is 0 Å². The summed E-state index contributed by atoms with van der Waals surface area (Å²) >= 11 is 5.71. The molecule has 0 spiro atoms. The molecule has 0 aromatic rings. The molecule has 0 bridgehead atoms. The highest BCUT2D eigenvalue weighted by atomic mass is 35.5. The van der Waals surface area contributed by atoms with E-state index in [9.17, 15) is 0 Å². The summed E-state index contributed by atoms with van der Waals surface area (Å²) in [6.07, 6.45) is 6.13. The van der Waals surface area contributed by atoms with E-state index in [-0.39, 0.29) is 11.5 Å². The third-order valence-corrected chi connectivity index (χ3v) is 4.03. The van der Waals surface area contributed by atoms with Crippen LogP contribution >= 0.6 is 11.6 Å². The third-order valence-electron chi connectivity index (χ3n) is 3.03. The first kappa shape index (κ1) is 14.8. The van der Waals surface area contributed by atoms with Gasteiger partial charge in [0.15, 0.2) is 0 Å². The van der Waals surface area contributed by atoms with Crippen molar-refractivity contribution in [3.05, 3.63) is 23.4 Å². The van der Waals surface area contributed by atoms with Gasteiger partial charge in [0.05, 0.1) is 11.9 Å². The molecule has 17 heavy (non-hydrogen) atoms. The van der Waals surface area contributed by atoms with E-state index >= 15 is 0 Å². The molecule has 0 radical (unpaired) electrons. The molecule has 0 aliphatic heterocycles. The van der Waals surface area contributed by atoms with E-state index in [0.29, 0.717) is 0 Å². The maximum absolute atomic E-state index is 6.05. The summed E-state index contributed by atoms with van der Waals surface area (Å²) in [5.74, 6) is 1.08. The summed E-state index contributed by atoms with van der Waals surface area (Å²) in [6, 6.07) is 0. The second-order valence-electron chi connectivity index (χ2n) is 5.80. The van der Waals surface area contributed by atoms with Crippen LogP contribution in [0.1, 0.15) is 19.8 Å². The number of hydrogen-bond acceptors (Lipinski definition) is 2. The monoisotopic (exact) mass is 274 g/mol. The molecule has 0 N–H and O–H groups in total. The van der Waals surface area contributed by atoms with E-state index in [1.807, 2.05) is 6.08 Å². The van der Waals surface area contributed by atoms with Crippen molar-refractivity contribution in [1.29, 1.82) is 0 Å². The Morgan fingerprint density at radius 2 is 2.12 bits per heavy atom. The average Bonchev–Trinajstić information content (AvgIpc) is 2.19. The highest BCUT2D eigenvalue weighted by Crippen LogP contribution is 2.39. The van der Waals surface area contributed by atoms with Crippen LogP contribution in [-0.4, -0.2) is 21.5 Å². The van der Waals surface area contributed by atoms with Crippen LogP contribution in [0.5, 0.6) is 0 Å². The molecular formula is C13H23ClO2Si. The molecule has 0 amide bonds. The minimum Gasteiger partial charge on any atom is -0.547 e. The van der Waals surface area contributed by atoms with Crippen LogP contribution in [0.2, 0.25) is 19.6 Å². The van der Waals surface area contributed by atoms with Crippen molar-refractivity contribution >= 4 is 19.9 Å². The Morgan fingerprint density at radius 3 is 2.59 bits per heavy atom. The largest absolute Gasteiger partial charge is 0.547 e. The lowest BCUT2D eigenvalue weighted by atomic mass is 9.76. The van der Waals surface area contributed by atoms with Gasteiger partial charge in [-0.25, -0.2) is 0 Å². The van der Waals surface area contributed by atoms with Crippen LogP contribution in [0.15, 0.2) is 23.4 Å². The summed E-state index contributed by atoms with van der Waals surface area (Å²) in [5, 5.41) is 0. The van der Waals surface area contributed by atoms with Crippen LogP contribution in [0.25, 0.3) is 0 Å². The van der Waals surface area contributed by atoms with Crippen LogP contribution in [-0.2, 0) is 9.16 Å². The van der Waals surface area contributed by atoms with Gasteiger partial charge in [0.1, 0.15) is 0 Å². The van der Waals surface area contributed by atoms with E-state index in [1.54, 1.807) is 12.6 Å². The molecule has 0 fully saturated rings. The zero-order valence-electron chi connectivity index (χ0n) is 11.4. The van der Waals surface area contributed by atoms with Gasteiger partial charge in [0, 0.05) is 24.5 Å². The summed E-state index contributed by atoms with van der Waals surface area (Å²) in [4.78, 5) is 0. The first-order valence-electron chi connectivity index (χ1n) is 6.01. The molecule has 0 heterocycles. The van der Waals surface area contributed by atoms with Gasteiger partial charge in [-0.05, 0) is 32.1 Å². The molecular weight excluding hydrogens is 252 g/mol. The standard InChI is InChI=1S/C13H23ClO2Si/c1-13(8-9-14)7-6-11(10-12(13)15-2)16-17(3,4)5/h8-10,12H,6-7H2,1-5H3. The van der Waals surface area contributed by atoms with Crippen molar-refractivity contribution in [2.45, 2.75) is 45.5 Å². The summed E-state index contributed by atoms with van der Waals surface area (Å²) in [6.45, 7) is 8.76. The molecule has 1 rings (SSSR count). The van der Waals surface area contributed by atoms with E-state index in [2.05, 4.69) is 32.6 Å². The lowest BCUT2D eigenvalue weighted by molar-refractivity contribution is 0.0423. The third kappa shape index (κ3) is 4.16. The van der Waals surface area contributed by atoms with Crippen molar-refractivity contribution in [2.75, 3.05) is 7.11 Å². The van der Waals surface area contributed by atoms with Gasteiger partial charge in [-0.15, -0.1) is 0 Å². The van der Waals surface area contributed by atoms with E-state index < -0.39 is 8.32 Å². The van der Waals surface area contributed by atoms with Gasteiger partial charge in [-0.3, -0.25) is 0 Å². The normalized spacial score (nSPS) is 30.5. The van der Waals surface area contributed by atoms with Crippen LogP contribution in [0, 0.1) is 5.41 Å². The van der Waals surface area contributed by atoms with E-state index in [0.717, 1.165) is 18.6 Å². The number of methoxy groups -OCH3 is 1. The summed E-state index contributed by atoms with van der Waals surface area (Å²) in [5.41, 5.74) is 1.56. The van der Waals surface area contributed by atoms with Gasteiger partial charge in [0.25, 0.3) is 0 Å². The number of allylic oxidation sites excluding steroid dienone is 1. The Morgan fingerprint density at radius 1 is 1.47 bits per heavy atom. The second kappa shape index (κ2) is 5.59. The first-order chi connectivity index (χ1) is 7.80. The van der Waals surface area contributed by atoms with Crippen LogP contribution in [0.4, 0.5) is 0 Å². The Kier molecular flexibility index (Phi) is 4.87. The van der Waals surface area contributed by atoms with Gasteiger partial charge < -0.3 is 9.16 Å². The van der Waals surface area contributed by atoms with Crippen LogP contribution in [0.3, 0.4) is 0 Å². The van der Waals surface area contributed by atoms with Gasteiger partial charge >= 0.3 is 0 Å². The van der Waals surface area contributed by atoms with Gasteiger partial charge in [-0.2, -0.15) is 0 Å². The summed E-state index contributed by atoms with van der Waals surface area (Å²) in [7, 11) is 0.215. The number of halogens is 1. The lowest BCUT2D eigenvalue weighted by Gasteiger charge is -2.38. The molecule has 0 saturated carbocycles. The van der Waals surface area contributed by atoms with Crippen molar-refractivity contribution in [1.82, 2.24) is 0 Å². The van der Waals surface area contributed by atoms with Crippen molar-refractivity contribution in [3.63, 3.8) is 0 Å².